The summed E-state index contributed by atoms with van der Waals surface area (Å²) in [4.78, 5) is 29.2. The highest BCUT2D eigenvalue weighted by Gasteiger charge is 2.20. The summed E-state index contributed by atoms with van der Waals surface area (Å²) < 4.78 is 34.6. The summed E-state index contributed by atoms with van der Waals surface area (Å²) in [6.07, 6.45) is 4.72. The molecule has 2 aromatic heterocycles. The van der Waals surface area contributed by atoms with E-state index in [2.05, 4.69) is 32.4 Å². The molecule has 0 bridgehead atoms. The molecule has 1 fully saturated rings. The van der Waals surface area contributed by atoms with Crippen molar-refractivity contribution in [3.05, 3.63) is 112 Å². The Kier molecular flexibility index (Phi) is 10.3. The molecule has 7 rings (SSSR count). The van der Waals surface area contributed by atoms with Crippen LogP contribution in [-0.2, 0) is 0 Å². The van der Waals surface area contributed by atoms with Crippen molar-refractivity contribution in [3.8, 4) is 28.7 Å². The Labute approximate surface area is 303 Å². The monoisotopic (exact) mass is 722 g/mol. The first kappa shape index (κ1) is 34.8. The Morgan fingerprint density at radius 1 is 0.962 bits per heavy atom. The van der Waals surface area contributed by atoms with Crippen LogP contribution in [0.2, 0.25) is 5.02 Å². The Morgan fingerprint density at radius 2 is 1.75 bits per heavy atom. The number of hydrogen-bond donors (Lipinski definition) is 1. The second-order valence-corrected chi connectivity index (χ2v) is 13.2. The lowest BCUT2D eigenvalue weighted by Crippen LogP contribution is -2.34. The highest BCUT2D eigenvalue weighted by Crippen LogP contribution is 2.37. The Morgan fingerprint density at radius 3 is 2.52 bits per heavy atom. The van der Waals surface area contributed by atoms with Gasteiger partial charge in [-0.25, -0.2) is 9.07 Å². The Bertz CT molecular complexity index is 2310. The topological polar surface area (TPSA) is 121 Å². The number of carbonyl (C=O) groups excluding carboxylic acids is 1. The summed E-state index contributed by atoms with van der Waals surface area (Å²) in [7, 11) is 1.55. The molecule has 0 radical (unpaired) electrons. The second-order valence-electron chi connectivity index (χ2n) is 12.7. The van der Waals surface area contributed by atoms with Gasteiger partial charge in [-0.3, -0.25) is 9.59 Å². The van der Waals surface area contributed by atoms with Gasteiger partial charge in [-0.1, -0.05) is 30.7 Å². The smallest absolute Gasteiger partial charge is 0.280 e. The number of aromatic nitrogens is 4. The minimum atomic E-state index is -0.804. The van der Waals surface area contributed by atoms with Crippen molar-refractivity contribution in [2.24, 2.45) is 5.92 Å². The maximum Gasteiger partial charge on any atom is 0.280 e. The minimum absolute atomic E-state index is 0.0956. The van der Waals surface area contributed by atoms with Crippen LogP contribution in [0.15, 0.2) is 89.9 Å². The van der Waals surface area contributed by atoms with Gasteiger partial charge >= 0.3 is 0 Å². The summed E-state index contributed by atoms with van der Waals surface area (Å²) in [5, 5.41) is 16.6. The third-order valence-corrected chi connectivity index (χ3v) is 9.38. The van der Waals surface area contributed by atoms with E-state index in [4.69, 9.17) is 25.8 Å². The molecule has 1 aliphatic rings. The average molecular weight is 723 g/mol. The molecule has 0 aliphatic carbocycles. The number of ether oxygens (including phenoxy) is 3. The normalized spacial score (nSPS) is 13.7. The van der Waals surface area contributed by atoms with E-state index in [9.17, 15) is 9.59 Å². The molecular formula is C39H36ClFN6O5. The number of anilines is 1. The summed E-state index contributed by atoms with van der Waals surface area (Å²) in [5.41, 5.74) is 0.758. The van der Waals surface area contributed by atoms with Crippen LogP contribution < -0.4 is 25.0 Å². The van der Waals surface area contributed by atoms with Crippen LogP contribution in [0, 0.1) is 11.7 Å². The highest BCUT2D eigenvalue weighted by atomic mass is 35.5. The predicted octanol–water partition coefficient (Wildman–Crippen LogP) is 7.68. The van der Waals surface area contributed by atoms with Gasteiger partial charge in [0.2, 0.25) is 5.43 Å². The number of fused-ring (bicyclic) bond motifs is 2. The molecule has 0 spiro atoms. The summed E-state index contributed by atoms with van der Waals surface area (Å²) in [6.45, 7) is 6.03. The first-order chi connectivity index (χ1) is 25.3. The largest absolute Gasteiger partial charge is 0.493 e. The van der Waals surface area contributed by atoms with Gasteiger partial charge in [0.1, 0.15) is 5.52 Å². The molecular weight excluding hydrogens is 687 g/mol. The van der Waals surface area contributed by atoms with E-state index in [1.54, 1.807) is 67.8 Å². The Hall–Kier alpha value is -5.59. The van der Waals surface area contributed by atoms with Gasteiger partial charge in [-0.05, 0) is 92.9 Å². The van der Waals surface area contributed by atoms with E-state index in [1.807, 2.05) is 0 Å². The van der Waals surface area contributed by atoms with Crippen LogP contribution in [0.4, 0.5) is 10.1 Å². The van der Waals surface area contributed by atoms with Gasteiger partial charge in [0.15, 0.2) is 34.5 Å². The zero-order chi connectivity index (χ0) is 36.2. The van der Waals surface area contributed by atoms with Crippen LogP contribution >= 0.6 is 11.6 Å². The molecule has 1 amide bonds. The van der Waals surface area contributed by atoms with Crippen LogP contribution in [0.3, 0.4) is 0 Å². The molecule has 1 aliphatic heterocycles. The van der Waals surface area contributed by atoms with E-state index in [0.717, 1.165) is 38.0 Å². The predicted molar refractivity (Wildman–Crippen MR) is 198 cm³/mol. The third kappa shape index (κ3) is 7.53. The van der Waals surface area contributed by atoms with Gasteiger partial charge in [0, 0.05) is 29.4 Å². The quantitative estimate of drug-likeness (QED) is 0.134. The summed E-state index contributed by atoms with van der Waals surface area (Å²) in [6, 6.07) is 21.0. The standard InChI is InChI=1S/C39H36ClFN6O5/c1-24-14-17-46(18-15-24)16-5-19-51-35-22-31-29(21-34(35)50-2)36(23-42-44-31)52-33-13-10-26(20-30(33)41)43-39(49)37-38(48)28-6-3-4-7-32(28)47(45-37)27-11-8-25(40)9-12-27/h3-4,6-13,20-24H,5,14-19H2,1-2H3,(H,43,49). The van der Waals surface area contributed by atoms with Crippen molar-refractivity contribution in [2.75, 3.05) is 38.7 Å². The molecule has 1 saturated heterocycles. The average Bonchev–Trinajstić information content (AvgIpc) is 3.15. The van der Waals surface area contributed by atoms with Gasteiger partial charge in [0.05, 0.1) is 41.9 Å². The number of likely N-dealkylation sites (tertiary alicyclic amines) is 1. The van der Waals surface area contributed by atoms with Gasteiger partial charge in [0.25, 0.3) is 5.91 Å². The number of para-hydroxylation sites is 1. The summed E-state index contributed by atoms with van der Waals surface area (Å²) in [5.74, 6) is 0.358. The van der Waals surface area contributed by atoms with Crippen molar-refractivity contribution in [1.82, 2.24) is 24.9 Å². The van der Waals surface area contributed by atoms with Crippen LogP contribution in [0.1, 0.15) is 36.7 Å². The first-order valence-corrected chi connectivity index (χ1v) is 17.4. The highest BCUT2D eigenvalue weighted by molar-refractivity contribution is 6.30. The maximum atomic E-state index is 15.5. The number of hydrogen-bond acceptors (Lipinski definition) is 9. The molecule has 11 nitrogen and oxygen atoms in total. The number of halogens is 2. The van der Waals surface area contributed by atoms with Crippen molar-refractivity contribution >= 4 is 45.0 Å². The SMILES string of the molecule is COc1cc2c(Oc3ccc(NC(=O)c4nn(-c5ccc(Cl)cc5)c5ccccc5c4=O)cc3F)cnnc2cc1OCCCN1CCC(C)CC1. The molecule has 266 valence electrons. The zero-order valence-electron chi connectivity index (χ0n) is 28.6. The number of amides is 1. The van der Waals surface area contributed by atoms with Gasteiger partial charge in [-0.15, -0.1) is 0 Å². The molecule has 6 aromatic rings. The van der Waals surface area contributed by atoms with E-state index in [-0.39, 0.29) is 22.9 Å². The van der Waals surface area contributed by atoms with Crippen molar-refractivity contribution in [2.45, 2.75) is 26.2 Å². The lowest BCUT2D eigenvalue weighted by atomic mass is 9.99. The molecule has 0 unspecified atom stereocenters. The molecule has 0 saturated carbocycles. The number of nitrogens with zero attached hydrogens (tertiary/aromatic N) is 5. The zero-order valence-corrected chi connectivity index (χ0v) is 29.4. The maximum absolute atomic E-state index is 15.5. The molecule has 3 heterocycles. The lowest BCUT2D eigenvalue weighted by molar-refractivity contribution is 0.102. The minimum Gasteiger partial charge on any atom is -0.493 e. The number of piperidine rings is 1. The number of carbonyl (C=O) groups is 1. The first-order valence-electron chi connectivity index (χ1n) is 17.0. The fourth-order valence-corrected chi connectivity index (χ4v) is 6.35. The fourth-order valence-electron chi connectivity index (χ4n) is 6.23. The molecule has 52 heavy (non-hydrogen) atoms. The molecule has 13 heteroatoms. The van der Waals surface area contributed by atoms with Crippen LogP contribution in [0.25, 0.3) is 27.5 Å². The van der Waals surface area contributed by atoms with E-state index in [1.165, 1.54) is 35.9 Å². The summed E-state index contributed by atoms with van der Waals surface area (Å²) >= 11 is 6.07. The second kappa shape index (κ2) is 15.3. The molecule has 0 atom stereocenters. The van der Waals surface area contributed by atoms with Gasteiger partial charge < -0.3 is 24.4 Å². The number of benzene rings is 4. The number of rotatable bonds is 11. The molecule has 4 aromatic carbocycles. The van der Waals surface area contributed by atoms with Crippen molar-refractivity contribution < 1.29 is 23.4 Å². The van der Waals surface area contributed by atoms with E-state index < -0.39 is 17.2 Å². The Balaban J connectivity index is 1.07. The molecule has 1 N–H and O–H groups in total. The fraction of sp³-hybridized carbons (Fsp3) is 0.256. The van der Waals surface area contributed by atoms with Crippen molar-refractivity contribution in [3.63, 3.8) is 0 Å². The number of methoxy groups -OCH3 is 1. The van der Waals surface area contributed by atoms with Gasteiger partial charge in [-0.2, -0.15) is 15.3 Å². The van der Waals surface area contributed by atoms with Crippen molar-refractivity contribution in [1.29, 1.82) is 0 Å². The van der Waals surface area contributed by atoms with Crippen LogP contribution in [-0.4, -0.2) is 64.1 Å². The van der Waals surface area contributed by atoms with E-state index in [0.29, 0.717) is 50.6 Å². The lowest BCUT2D eigenvalue weighted by Gasteiger charge is -2.30. The van der Waals surface area contributed by atoms with E-state index >= 15 is 4.39 Å². The third-order valence-electron chi connectivity index (χ3n) is 9.13. The van der Waals surface area contributed by atoms with Crippen LogP contribution in [0.5, 0.6) is 23.0 Å². The number of nitrogens with one attached hydrogen (secondary N) is 1.